The van der Waals surface area contributed by atoms with Crippen LogP contribution in [-0.4, -0.2) is 27.2 Å². The summed E-state index contributed by atoms with van der Waals surface area (Å²) in [5, 5.41) is 16.8. The van der Waals surface area contributed by atoms with E-state index >= 15 is 0 Å². The van der Waals surface area contributed by atoms with E-state index in [9.17, 15) is 9.90 Å². The number of benzene rings is 2. The van der Waals surface area contributed by atoms with E-state index in [1.165, 1.54) is 0 Å². The molecule has 0 aliphatic rings. The first-order valence-corrected chi connectivity index (χ1v) is 8.40. The molecule has 25 heavy (non-hydrogen) atoms. The van der Waals surface area contributed by atoms with Crippen molar-refractivity contribution < 1.29 is 9.90 Å². The summed E-state index contributed by atoms with van der Waals surface area (Å²) in [5.74, 6) is -0.936. The Hall–Kier alpha value is -2.86. The third kappa shape index (κ3) is 4.36. The molecular formula is C19H19N3O2S. The number of carbonyl (C=O) groups is 1. The van der Waals surface area contributed by atoms with Crippen LogP contribution in [0, 0.1) is 0 Å². The van der Waals surface area contributed by atoms with Gasteiger partial charge in [-0.15, -0.1) is 0 Å². The van der Waals surface area contributed by atoms with Crippen molar-refractivity contribution in [1.82, 2.24) is 15.6 Å². The standard InChI is InChI=1S/C19H19N3O2S/c23-18(24)17(10-14-12-20-16-9-5-4-8-15(14)16)22-19(25)21-11-13-6-2-1-3-7-13/h1-9,12,17,20H,10-11H2,(H,23,24)(H2,21,22,25)/t17-/m0/s1. The number of aromatic amines is 1. The van der Waals surface area contributed by atoms with E-state index in [2.05, 4.69) is 15.6 Å². The monoisotopic (exact) mass is 353 g/mol. The Bertz CT molecular complexity index is 877. The Morgan fingerprint density at radius 3 is 2.60 bits per heavy atom. The number of hydrogen-bond donors (Lipinski definition) is 4. The Morgan fingerprint density at radius 2 is 1.84 bits per heavy atom. The molecule has 0 aliphatic heterocycles. The molecule has 2 aromatic carbocycles. The molecule has 0 radical (unpaired) electrons. The highest BCUT2D eigenvalue weighted by Crippen LogP contribution is 2.19. The first kappa shape index (κ1) is 17.0. The molecule has 6 heteroatoms. The normalized spacial score (nSPS) is 11.8. The first-order valence-electron chi connectivity index (χ1n) is 7.99. The molecule has 1 aromatic heterocycles. The highest BCUT2D eigenvalue weighted by molar-refractivity contribution is 7.80. The van der Waals surface area contributed by atoms with Crippen molar-refractivity contribution in [2.45, 2.75) is 19.0 Å². The Labute approximate surface area is 151 Å². The van der Waals surface area contributed by atoms with E-state index in [0.717, 1.165) is 22.0 Å². The van der Waals surface area contributed by atoms with Gasteiger partial charge in [0.1, 0.15) is 6.04 Å². The molecule has 4 N–H and O–H groups in total. The summed E-state index contributed by atoms with van der Waals surface area (Å²) in [7, 11) is 0. The molecule has 0 saturated carbocycles. The smallest absolute Gasteiger partial charge is 0.326 e. The maximum Gasteiger partial charge on any atom is 0.326 e. The fourth-order valence-corrected chi connectivity index (χ4v) is 2.92. The molecule has 0 bridgehead atoms. The lowest BCUT2D eigenvalue weighted by Crippen LogP contribution is -2.46. The molecule has 0 spiro atoms. The lowest BCUT2D eigenvalue weighted by atomic mass is 10.1. The predicted molar refractivity (Wildman–Crippen MR) is 102 cm³/mol. The molecular weight excluding hydrogens is 334 g/mol. The summed E-state index contributed by atoms with van der Waals surface area (Å²) in [6, 6.07) is 16.8. The van der Waals surface area contributed by atoms with Crippen LogP contribution >= 0.6 is 12.2 Å². The third-order valence-electron chi connectivity index (χ3n) is 4.00. The maximum absolute atomic E-state index is 11.6. The van der Waals surface area contributed by atoms with Crippen LogP contribution in [0.25, 0.3) is 10.9 Å². The van der Waals surface area contributed by atoms with Gasteiger partial charge in [-0.05, 0) is 29.4 Å². The zero-order valence-corrected chi connectivity index (χ0v) is 14.3. The van der Waals surface area contributed by atoms with Gasteiger partial charge in [-0.3, -0.25) is 0 Å². The molecule has 0 saturated heterocycles. The van der Waals surface area contributed by atoms with Crippen LogP contribution in [0.1, 0.15) is 11.1 Å². The van der Waals surface area contributed by atoms with Crippen molar-refractivity contribution in [3.63, 3.8) is 0 Å². The number of aromatic nitrogens is 1. The van der Waals surface area contributed by atoms with Gasteiger partial charge < -0.3 is 20.7 Å². The highest BCUT2D eigenvalue weighted by atomic mass is 32.1. The van der Waals surface area contributed by atoms with Gasteiger partial charge in [-0.25, -0.2) is 4.79 Å². The van der Waals surface area contributed by atoms with Crippen molar-refractivity contribution in [1.29, 1.82) is 0 Å². The minimum Gasteiger partial charge on any atom is -0.480 e. The van der Waals surface area contributed by atoms with Crippen LogP contribution < -0.4 is 10.6 Å². The van der Waals surface area contributed by atoms with E-state index in [0.29, 0.717) is 18.1 Å². The number of hydrogen-bond acceptors (Lipinski definition) is 2. The number of carboxylic acid groups (broad SMARTS) is 1. The molecule has 5 nitrogen and oxygen atoms in total. The average molecular weight is 353 g/mol. The molecule has 0 fully saturated rings. The lowest BCUT2D eigenvalue weighted by Gasteiger charge is -2.17. The second-order valence-corrected chi connectivity index (χ2v) is 6.18. The van der Waals surface area contributed by atoms with Crippen molar-refractivity contribution in [3.05, 3.63) is 71.9 Å². The predicted octanol–water partition coefficient (Wildman–Crippen LogP) is 2.83. The van der Waals surface area contributed by atoms with Crippen molar-refractivity contribution in [2.75, 3.05) is 0 Å². The average Bonchev–Trinajstić information content (AvgIpc) is 3.03. The Balaban J connectivity index is 1.63. The van der Waals surface area contributed by atoms with Crippen LogP contribution in [0.15, 0.2) is 60.8 Å². The van der Waals surface area contributed by atoms with Gasteiger partial charge in [0.05, 0.1) is 0 Å². The van der Waals surface area contributed by atoms with Gasteiger partial charge in [-0.1, -0.05) is 48.5 Å². The number of carboxylic acids is 1. The topological polar surface area (TPSA) is 77.1 Å². The minimum absolute atomic E-state index is 0.330. The largest absolute Gasteiger partial charge is 0.480 e. The Kier molecular flexibility index (Phi) is 5.30. The zero-order valence-electron chi connectivity index (χ0n) is 13.5. The Morgan fingerprint density at radius 1 is 1.12 bits per heavy atom. The summed E-state index contributed by atoms with van der Waals surface area (Å²) in [5.41, 5.74) is 3.02. The molecule has 3 rings (SSSR count). The number of nitrogens with one attached hydrogen (secondary N) is 3. The molecule has 0 unspecified atom stereocenters. The summed E-state index contributed by atoms with van der Waals surface area (Å²) < 4.78 is 0. The number of rotatable bonds is 6. The summed E-state index contributed by atoms with van der Waals surface area (Å²) in [6.07, 6.45) is 2.19. The van der Waals surface area contributed by atoms with E-state index in [1.807, 2.05) is 60.8 Å². The van der Waals surface area contributed by atoms with Gasteiger partial charge in [0, 0.05) is 30.1 Å². The quantitative estimate of drug-likeness (QED) is 0.513. The number of aliphatic carboxylic acids is 1. The van der Waals surface area contributed by atoms with Gasteiger partial charge in [0.15, 0.2) is 5.11 Å². The van der Waals surface area contributed by atoms with E-state index in [4.69, 9.17) is 12.2 Å². The van der Waals surface area contributed by atoms with Crippen molar-refractivity contribution in [3.8, 4) is 0 Å². The van der Waals surface area contributed by atoms with Crippen LogP contribution in [0.2, 0.25) is 0 Å². The zero-order chi connectivity index (χ0) is 17.6. The van der Waals surface area contributed by atoms with Gasteiger partial charge in [0.25, 0.3) is 0 Å². The van der Waals surface area contributed by atoms with E-state index in [1.54, 1.807) is 0 Å². The molecule has 0 amide bonds. The molecule has 128 valence electrons. The SMILES string of the molecule is O=C(O)[C@H](Cc1c[nH]c2ccccc12)NC(=S)NCc1ccccc1. The number of fused-ring (bicyclic) bond motifs is 1. The van der Waals surface area contributed by atoms with Gasteiger partial charge in [-0.2, -0.15) is 0 Å². The molecule has 0 aliphatic carbocycles. The van der Waals surface area contributed by atoms with Crippen molar-refractivity contribution >= 4 is 34.2 Å². The van der Waals surface area contributed by atoms with Crippen LogP contribution in [0.4, 0.5) is 0 Å². The lowest BCUT2D eigenvalue weighted by molar-refractivity contribution is -0.139. The van der Waals surface area contributed by atoms with E-state index < -0.39 is 12.0 Å². The number of H-pyrrole nitrogens is 1. The number of thiocarbonyl (C=S) groups is 1. The van der Waals surface area contributed by atoms with Crippen LogP contribution in [-0.2, 0) is 17.8 Å². The fraction of sp³-hybridized carbons (Fsp3) is 0.158. The van der Waals surface area contributed by atoms with Gasteiger partial charge in [0.2, 0.25) is 0 Å². The summed E-state index contributed by atoms with van der Waals surface area (Å²) in [4.78, 5) is 14.8. The fourth-order valence-electron chi connectivity index (χ4n) is 2.71. The second-order valence-electron chi connectivity index (χ2n) is 5.77. The third-order valence-corrected chi connectivity index (χ3v) is 4.26. The van der Waals surface area contributed by atoms with Crippen LogP contribution in [0.5, 0.6) is 0 Å². The summed E-state index contributed by atoms with van der Waals surface area (Å²) >= 11 is 5.25. The highest BCUT2D eigenvalue weighted by Gasteiger charge is 2.20. The summed E-state index contributed by atoms with van der Waals surface area (Å²) in [6.45, 7) is 0.548. The maximum atomic E-state index is 11.6. The molecule has 1 heterocycles. The molecule has 1 atom stereocenters. The van der Waals surface area contributed by atoms with Gasteiger partial charge >= 0.3 is 5.97 Å². The minimum atomic E-state index is -0.936. The van der Waals surface area contributed by atoms with E-state index in [-0.39, 0.29) is 0 Å². The first-order chi connectivity index (χ1) is 12.1. The molecule has 3 aromatic rings. The van der Waals surface area contributed by atoms with Crippen LogP contribution in [0.3, 0.4) is 0 Å². The second kappa shape index (κ2) is 7.81. The number of para-hydroxylation sites is 1. The van der Waals surface area contributed by atoms with Crippen molar-refractivity contribution in [2.24, 2.45) is 0 Å².